The number of nitrogens with zero attached hydrogens (tertiary/aromatic N) is 3. The van der Waals surface area contributed by atoms with E-state index < -0.39 is 23.1 Å². The summed E-state index contributed by atoms with van der Waals surface area (Å²) in [4.78, 5) is 44.9. The largest absolute Gasteiger partial charge is 0.507 e. The first-order valence-electron chi connectivity index (χ1n) is 10.1. The number of hydrogen-bond acceptors (Lipinski definition) is 5. The van der Waals surface area contributed by atoms with Crippen LogP contribution >= 0.6 is 0 Å². The van der Waals surface area contributed by atoms with Crippen molar-refractivity contribution in [2.24, 2.45) is 0 Å². The van der Waals surface area contributed by atoms with E-state index >= 15 is 0 Å². The molecule has 7 nitrogen and oxygen atoms in total. The third-order valence-corrected chi connectivity index (χ3v) is 6.04. The molecule has 2 amide bonds. The quantitative estimate of drug-likeness (QED) is 0.466. The second-order valence-corrected chi connectivity index (χ2v) is 8.27. The molecule has 31 heavy (non-hydrogen) atoms. The van der Waals surface area contributed by atoms with Crippen molar-refractivity contribution < 1.29 is 19.5 Å². The van der Waals surface area contributed by atoms with Crippen molar-refractivity contribution in [3.05, 3.63) is 70.8 Å². The highest BCUT2D eigenvalue weighted by Gasteiger charge is 2.66. The summed E-state index contributed by atoms with van der Waals surface area (Å²) >= 11 is 0. The third kappa shape index (κ3) is 2.88. The van der Waals surface area contributed by atoms with E-state index in [9.17, 15) is 19.5 Å². The van der Waals surface area contributed by atoms with E-state index in [1.807, 2.05) is 25.9 Å². The van der Waals surface area contributed by atoms with Gasteiger partial charge in [-0.2, -0.15) is 0 Å². The van der Waals surface area contributed by atoms with Gasteiger partial charge in [-0.15, -0.1) is 0 Å². The molecule has 0 aliphatic carbocycles. The summed E-state index contributed by atoms with van der Waals surface area (Å²) in [6.07, 6.45) is 0. The summed E-state index contributed by atoms with van der Waals surface area (Å²) in [5.41, 5.74) is 0.634. The molecule has 4 rings (SSSR count). The Bertz CT molecular complexity index is 1120. The number of benzene rings is 2. The number of aliphatic hydroxyl groups is 1. The van der Waals surface area contributed by atoms with Gasteiger partial charge >= 0.3 is 0 Å². The standard InChI is InChI=1S/C24H25N3O4/c1-15-9-11-16(12-10-15)20(28)19-21(29)22(30)27(14-13-25(2)3)24(19)17-7-5-6-8-18(17)26(4)23(24)31/h5-12,28H,13-14H2,1-4H3/t24-/m0/s1. The van der Waals surface area contributed by atoms with Gasteiger partial charge in [-0.1, -0.05) is 48.0 Å². The number of carbonyl (C=O) groups is 3. The van der Waals surface area contributed by atoms with Crippen LogP contribution in [0.4, 0.5) is 5.69 Å². The van der Waals surface area contributed by atoms with Gasteiger partial charge in [0.2, 0.25) is 0 Å². The third-order valence-electron chi connectivity index (χ3n) is 6.04. The molecule has 0 unspecified atom stereocenters. The zero-order chi connectivity index (χ0) is 22.5. The highest BCUT2D eigenvalue weighted by molar-refractivity contribution is 6.50. The summed E-state index contributed by atoms with van der Waals surface area (Å²) in [7, 11) is 5.33. The molecular formula is C24H25N3O4. The molecule has 2 aromatic carbocycles. The van der Waals surface area contributed by atoms with E-state index in [0.717, 1.165) is 5.56 Å². The van der Waals surface area contributed by atoms with E-state index in [0.29, 0.717) is 23.4 Å². The number of carbonyl (C=O) groups excluding carboxylic acids is 3. The number of aliphatic hydroxyl groups excluding tert-OH is 1. The number of para-hydroxylation sites is 1. The Balaban J connectivity index is 2.04. The molecule has 0 saturated carbocycles. The summed E-state index contributed by atoms with van der Waals surface area (Å²) in [5.74, 6) is -2.41. The highest BCUT2D eigenvalue weighted by Crippen LogP contribution is 2.53. The Morgan fingerprint density at radius 2 is 1.68 bits per heavy atom. The van der Waals surface area contributed by atoms with Crippen LogP contribution in [0.3, 0.4) is 0 Å². The topological polar surface area (TPSA) is 81.2 Å². The van der Waals surface area contributed by atoms with Crippen LogP contribution in [-0.4, -0.2) is 66.7 Å². The number of amides is 2. The minimum absolute atomic E-state index is 0.163. The fraction of sp³-hybridized carbons (Fsp3) is 0.292. The number of aryl methyl sites for hydroxylation is 1. The first-order valence-corrected chi connectivity index (χ1v) is 10.1. The normalized spacial score (nSPS) is 22.2. The number of rotatable bonds is 4. The van der Waals surface area contributed by atoms with Crippen LogP contribution in [0.15, 0.2) is 54.1 Å². The maximum atomic E-state index is 13.8. The smallest absolute Gasteiger partial charge is 0.296 e. The molecule has 0 bridgehead atoms. The fourth-order valence-corrected chi connectivity index (χ4v) is 4.43. The van der Waals surface area contributed by atoms with E-state index in [4.69, 9.17) is 0 Å². The molecule has 1 atom stereocenters. The van der Waals surface area contributed by atoms with Crippen LogP contribution in [-0.2, 0) is 19.9 Å². The molecule has 2 aliphatic rings. The van der Waals surface area contributed by atoms with Crippen molar-refractivity contribution in [2.75, 3.05) is 39.1 Å². The average Bonchev–Trinajstić information content (AvgIpc) is 3.11. The van der Waals surface area contributed by atoms with Crippen molar-refractivity contribution in [1.82, 2.24) is 9.80 Å². The lowest BCUT2D eigenvalue weighted by molar-refractivity contribution is -0.143. The SMILES string of the molecule is Cc1ccc(C(O)=C2C(=O)C(=O)N(CCN(C)C)[C@]23C(=O)N(C)c2ccccc23)cc1. The lowest BCUT2D eigenvalue weighted by atomic mass is 9.82. The number of fused-ring (bicyclic) bond motifs is 2. The Hall–Kier alpha value is -3.45. The fourth-order valence-electron chi connectivity index (χ4n) is 4.43. The monoisotopic (exact) mass is 419 g/mol. The van der Waals surface area contributed by atoms with Gasteiger partial charge < -0.3 is 19.8 Å². The lowest BCUT2D eigenvalue weighted by Gasteiger charge is -2.34. The number of ketones is 1. The van der Waals surface area contributed by atoms with Crippen LogP contribution in [0.5, 0.6) is 0 Å². The average molecular weight is 419 g/mol. The van der Waals surface area contributed by atoms with Crippen LogP contribution < -0.4 is 4.90 Å². The molecule has 160 valence electrons. The van der Waals surface area contributed by atoms with E-state index in [1.54, 1.807) is 55.6 Å². The Labute approximate surface area is 181 Å². The summed E-state index contributed by atoms with van der Waals surface area (Å²) in [6, 6.07) is 14.1. The van der Waals surface area contributed by atoms with Gasteiger partial charge in [0.1, 0.15) is 5.76 Å². The van der Waals surface area contributed by atoms with Gasteiger partial charge in [0.05, 0.1) is 5.57 Å². The number of Topliss-reactive ketones (excluding diaryl/α,β-unsaturated/α-hetero) is 1. The van der Waals surface area contributed by atoms with Gasteiger partial charge in [-0.05, 0) is 27.1 Å². The first kappa shape index (κ1) is 20.8. The lowest BCUT2D eigenvalue weighted by Crippen LogP contribution is -2.52. The van der Waals surface area contributed by atoms with Crippen molar-refractivity contribution >= 4 is 29.0 Å². The second kappa shape index (κ2) is 7.35. The number of likely N-dealkylation sites (tertiary alicyclic amines) is 1. The molecule has 7 heteroatoms. The van der Waals surface area contributed by atoms with Gasteiger partial charge in [-0.3, -0.25) is 14.4 Å². The van der Waals surface area contributed by atoms with E-state index in [2.05, 4.69) is 0 Å². The first-order chi connectivity index (χ1) is 14.7. The zero-order valence-corrected chi connectivity index (χ0v) is 18.0. The maximum Gasteiger partial charge on any atom is 0.296 e. The summed E-state index contributed by atoms with van der Waals surface area (Å²) in [5, 5.41) is 11.2. The molecule has 1 N–H and O–H groups in total. The Kier molecular flexibility index (Phi) is 4.94. The molecule has 1 fully saturated rings. The molecule has 0 radical (unpaired) electrons. The van der Waals surface area contributed by atoms with Crippen LogP contribution in [0.2, 0.25) is 0 Å². The second-order valence-electron chi connectivity index (χ2n) is 8.27. The van der Waals surface area contributed by atoms with Crippen molar-refractivity contribution in [3.8, 4) is 0 Å². The highest BCUT2D eigenvalue weighted by atomic mass is 16.3. The molecule has 2 heterocycles. The zero-order valence-electron chi connectivity index (χ0n) is 18.0. The molecule has 2 aliphatic heterocycles. The van der Waals surface area contributed by atoms with Crippen molar-refractivity contribution in [1.29, 1.82) is 0 Å². The maximum absolute atomic E-state index is 13.8. The van der Waals surface area contributed by atoms with Crippen LogP contribution in [0.25, 0.3) is 5.76 Å². The number of hydrogen-bond donors (Lipinski definition) is 1. The minimum atomic E-state index is -1.69. The van der Waals surface area contributed by atoms with Crippen molar-refractivity contribution in [2.45, 2.75) is 12.5 Å². The molecule has 1 spiro atoms. The number of anilines is 1. The van der Waals surface area contributed by atoms with Crippen LogP contribution in [0.1, 0.15) is 16.7 Å². The predicted octanol–water partition coefficient (Wildman–Crippen LogP) is 2.11. The van der Waals surface area contributed by atoms with Gasteiger partial charge in [0.15, 0.2) is 5.54 Å². The van der Waals surface area contributed by atoms with Gasteiger partial charge in [0, 0.05) is 37.0 Å². The molecule has 0 aromatic heterocycles. The minimum Gasteiger partial charge on any atom is -0.507 e. The molecule has 1 saturated heterocycles. The van der Waals surface area contributed by atoms with E-state index in [1.165, 1.54) is 9.80 Å². The molecule has 2 aromatic rings. The van der Waals surface area contributed by atoms with Crippen molar-refractivity contribution in [3.63, 3.8) is 0 Å². The van der Waals surface area contributed by atoms with E-state index in [-0.39, 0.29) is 17.9 Å². The number of likely N-dealkylation sites (N-methyl/N-ethyl adjacent to an activating group) is 2. The Morgan fingerprint density at radius 3 is 2.32 bits per heavy atom. The van der Waals surface area contributed by atoms with Gasteiger partial charge in [0.25, 0.3) is 17.6 Å². The Morgan fingerprint density at radius 1 is 1.03 bits per heavy atom. The van der Waals surface area contributed by atoms with Gasteiger partial charge in [-0.25, -0.2) is 0 Å². The summed E-state index contributed by atoms with van der Waals surface area (Å²) in [6.45, 7) is 2.53. The van der Waals surface area contributed by atoms with Crippen LogP contribution in [0, 0.1) is 6.92 Å². The summed E-state index contributed by atoms with van der Waals surface area (Å²) < 4.78 is 0. The predicted molar refractivity (Wildman–Crippen MR) is 118 cm³/mol. The molecular weight excluding hydrogens is 394 g/mol.